The SMILES string of the molecule is CCCCN1N=CN(C)C1C(F)(F)F. The highest BCUT2D eigenvalue weighted by Gasteiger charge is 2.48. The van der Waals surface area contributed by atoms with Crippen molar-refractivity contribution in [1.29, 1.82) is 0 Å². The summed E-state index contributed by atoms with van der Waals surface area (Å²) in [7, 11) is 1.38. The van der Waals surface area contributed by atoms with Crippen LogP contribution in [0.25, 0.3) is 0 Å². The molecular weight excluding hydrogens is 195 g/mol. The van der Waals surface area contributed by atoms with Crippen molar-refractivity contribution in [3.05, 3.63) is 0 Å². The van der Waals surface area contributed by atoms with Crippen LogP contribution in [0.4, 0.5) is 13.2 Å². The van der Waals surface area contributed by atoms with Gasteiger partial charge in [-0.05, 0) is 6.42 Å². The minimum absolute atomic E-state index is 0.349. The summed E-state index contributed by atoms with van der Waals surface area (Å²) in [6, 6.07) is 0. The Morgan fingerprint density at radius 1 is 1.43 bits per heavy atom. The number of rotatable bonds is 3. The fourth-order valence-electron chi connectivity index (χ4n) is 1.38. The largest absolute Gasteiger partial charge is 0.429 e. The van der Waals surface area contributed by atoms with E-state index in [0.717, 1.165) is 22.8 Å². The van der Waals surface area contributed by atoms with Crippen LogP contribution < -0.4 is 0 Å². The number of unbranched alkanes of at least 4 members (excludes halogenated alkanes) is 1. The number of alkyl halides is 3. The molecule has 14 heavy (non-hydrogen) atoms. The van der Waals surface area contributed by atoms with Crippen molar-refractivity contribution in [1.82, 2.24) is 9.91 Å². The van der Waals surface area contributed by atoms with Crippen LogP contribution in [0.1, 0.15) is 19.8 Å². The van der Waals surface area contributed by atoms with Gasteiger partial charge in [0.05, 0.1) is 0 Å². The van der Waals surface area contributed by atoms with Gasteiger partial charge in [-0.15, -0.1) is 0 Å². The average molecular weight is 209 g/mol. The zero-order valence-electron chi connectivity index (χ0n) is 8.25. The van der Waals surface area contributed by atoms with E-state index in [0.29, 0.717) is 6.54 Å². The van der Waals surface area contributed by atoms with Gasteiger partial charge < -0.3 is 4.90 Å². The molecule has 1 atom stereocenters. The molecule has 0 aliphatic carbocycles. The van der Waals surface area contributed by atoms with Gasteiger partial charge in [0.2, 0.25) is 6.17 Å². The lowest BCUT2D eigenvalue weighted by Gasteiger charge is -2.29. The summed E-state index contributed by atoms with van der Waals surface area (Å²) in [5.74, 6) is 0. The maximum Gasteiger partial charge on any atom is 0.429 e. The summed E-state index contributed by atoms with van der Waals surface area (Å²) in [6.45, 7) is 2.29. The summed E-state index contributed by atoms with van der Waals surface area (Å²) in [4.78, 5) is 1.08. The lowest BCUT2D eigenvalue weighted by atomic mass is 10.3. The lowest BCUT2D eigenvalue weighted by molar-refractivity contribution is -0.204. The van der Waals surface area contributed by atoms with Gasteiger partial charge in [0.25, 0.3) is 0 Å². The number of nitrogens with zero attached hydrogens (tertiary/aromatic N) is 3. The normalized spacial score (nSPS) is 22.2. The fourth-order valence-corrected chi connectivity index (χ4v) is 1.38. The fraction of sp³-hybridized carbons (Fsp3) is 0.875. The monoisotopic (exact) mass is 209 g/mol. The Hall–Kier alpha value is -0.940. The molecular formula is C8H14F3N3. The zero-order chi connectivity index (χ0) is 10.8. The average Bonchev–Trinajstić information content (AvgIpc) is 2.42. The molecule has 1 rings (SSSR count). The van der Waals surface area contributed by atoms with Gasteiger partial charge in [-0.3, -0.25) is 5.01 Å². The van der Waals surface area contributed by atoms with E-state index in [9.17, 15) is 13.2 Å². The van der Waals surface area contributed by atoms with E-state index < -0.39 is 12.3 Å². The quantitative estimate of drug-likeness (QED) is 0.706. The van der Waals surface area contributed by atoms with E-state index in [-0.39, 0.29) is 0 Å². The molecule has 1 aliphatic heterocycles. The Kier molecular flexibility index (Phi) is 3.23. The highest BCUT2D eigenvalue weighted by atomic mass is 19.4. The Morgan fingerprint density at radius 3 is 2.57 bits per heavy atom. The van der Waals surface area contributed by atoms with Crippen molar-refractivity contribution < 1.29 is 13.2 Å². The summed E-state index contributed by atoms with van der Waals surface area (Å²) < 4.78 is 37.6. The molecule has 1 aliphatic rings. The smallest absolute Gasteiger partial charge is 0.335 e. The molecule has 82 valence electrons. The number of hydrogen-bond acceptors (Lipinski definition) is 3. The van der Waals surface area contributed by atoms with E-state index in [1.54, 1.807) is 0 Å². The molecule has 6 heteroatoms. The van der Waals surface area contributed by atoms with Crippen LogP contribution in [0.2, 0.25) is 0 Å². The van der Waals surface area contributed by atoms with Crippen molar-refractivity contribution >= 4 is 6.34 Å². The molecule has 0 fully saturated rings. The van der Waals surface area contributed by atoms with E-state index >= 15 is 0 Å². The molecule has 1 heterocycles. The summed E-state index contributed by atoms with van der Waals surface area (Å²) in [5.41, 5.74) is 0. The van der Waals surface area contributed by atoms with Gasteiger partial charge in [0, 0.05) is 13.6 Å². The van der Waals surface area contributed by atoms with Gasteiger partial charge in [-0.2, -0.15) is 18.3 Å². The Morgan fingerprint density at radius 2 is 2.07 bits per heavy atom. The van der Waals surface area contributed by atoms with Gasteiger partial charge in [0.1, 0.15) is 6.34 Å². The number of hydrogen-bond donors (Lipinski definition) is 0. The molecule has 0 aromatic heterocycles. The van der Waals surface area contributed by atoms with Crippen LogP contribution in [-0.2, 0) is 0 Å². The molecule has 0 aromatic rings. The molecule has 0 saturated heterocycles. The van der Waals surface area contributed by atoms with Crippen molar-refractivity contribution in [2.45, 2.75) is 32.1 Å². The van der Waals surface area contributed by atoms with Gasteiger partial charge in [-0.25, -0.2) is 0 Å². The van der Waals surface area contributed by atoms with Crippen molar-refractivity contribution in [3.63, 3.8) is 0 Å². The molecule has 0 N–H and O–H groups in total. The summed E-state index contributed by atoms with van der Waals surface area (Å²) in [6.07, 6.45) is -3.04. The third-order valence-corrected chi connectivity index (χ3v) is 2.08. The summed E-state index contributed by atoms with van der Waals surface area (Å²) >= 11 is 0. The molecule has 0 saturated carbocycles. The van der Waals surface area contributed by atoms with Crippen LogP contribution in [0.3, 0.4) is 0 Å². The highest BCUT2D eigenvalue weighted by Crippen LogP contribution is 2.29. The summed E-state index contributed by atoms with van der Waals surface area (Å²) in [5, 5.41) is 4.80. The Bertz CT molecular complexity index is 214. The highest BCUT2D eigenvalue weighted by molar-refractivity contribution is 5.56. The molecule has 0 bridgehead atoms. The van der Waals surface area contributed by atoms with Crippen molar-refractivity contribution in [2.24, 2.45) is 5.10 Å². The van der Waals surface area contributed by atoms with Crippen LogP contribution in [0.5, 0.6) is 0 Å². The molecule has 0 spiro atoms. The number of halogens is 3. The van der Waals surface area contributed by atoms with Crippen LogP contribution in [0.15, 0.2) is 5.10 Å². The lowest BCUT2D eigenvalue weighted by Crippen LogP contribution is -2.48. The molecule has 1 unspecified atom stereocenters. The number of hydrazone groups is 1. The van der Waals surface area contributed by atoms with E-state index in [1.165, 1.54) is 13.4 Å². The zero-order valence-corrected chi connectivity index (χ0v) is 8.25. The Balaban J connectivity index is 2.62. The van der Waals surface area contributed by atoms with Gasteiger partial charge in [0.15, 0.2) is 0 Å². The standard InChI is InChI=1S/C8H14F3N3/c1-3-4-5-14-7(8(9,10)11)13(2)6-12-14/h6-7H,3-5H2,1-2H3. The first kappa shape index (κ1) is 11.1. The maximum absolute atomic E-state index is 12.5. The third-order valence-electron chi connectivity index (χ3n) is 2.08. The topological polar surface area (TPSA) is 18.8 Å². The predicted molar refractivity (Wildman–Crippen MR) is 47.7 cm³/mol. The minimum atomic E-state index is -4.25. The first-order chi connectivity index (χ1) is 6.46. The maximum atomic E-state index is 12.5. The molecule has 3 nitrogen and oxygen atoms in total. The second-order valence-corrected chi connectivity index (χ2v) is 3.33. The van der Waals surface area contributed by atoms with E-state index in [4.69, 9.17) is 0 Å². The van der Waals surface area contributed by atoms with Crippen molar-refractivity contribution in [2.75, 3.05) is 13.6 Å². The second kappa shape index (κ2) is 4.06. The minimum Gasteiger partial charge on any atom is -0.335 e. The van der Waals surface area contributed by atoms with Crippen molar-refractivity contribution in [3.8, 4) is 0 Å². The third kappa shape index (κ3) is 2.30. The first-order valence-corrected chi connectivity index (χ1v) is 4.56. The first-order valence-electron chi connectivity index (χ1n) is 4.56. The predicted octanol–water partition coefficient (Wildman–Crippen LogP) is 1.87. The molecule has 0 radical (unpaired) electrons. The van der Waals surface area contributed by atoms with Gasteiger partial charge >= 0.3 is 6.18 Å². The van der Waals surface area contributed by atoms with Gasteiger partial charge in [-0.1, -0.05) is 13.3 Å². The van der Waals surface area contributed by atoms with Crippen LogP contribution in [-0.4, -0.2) is 42.2 Å². The molecule has 0 aromatic carbocycles. The van der Waals surface area contributed by atoms with Crippen LogP contribution >= 0.6 is 0 Å². The second-order valence-electron chi connectivity index (χ2n) is 3.33. The van der Waals surface area contributed by atoms with E-state index in [2.05, 4.69) is 5.10 Å². The molecule has 0 amide bonds. The van der Waals surface area contributed by atoms with Crippen LogP contribution in [0, 0.1) is 0 Å². The van der Waals surface area contributed by atoms with E-state index in [1.807, 2.05) is 6.92 Å². The Labute approximate surface area is 81.2 Å².